The molecule has 27 heavy (non-hydrogen) atoms. The predicted molar refractivity (Wildman–Crippen MR) is 109 cm³/mol. The molecule has 1 amide bonds. The Labute approximate surface area is 162 Å². The van der Waals surface area contributed by atoms with Crippen LogP contribution in [-0.4, -0.2) is 27.4 Å². The number of aryl methyl sites for hydroxylation is 1. The molecule has 0 heterocycles. The molecular weight excluding hydrogens is 360 g/mol. The van der Waals surface area contributed by atoms with Crippen molar-refractivity contribution in [1.29, 1.82) is 0 Å². The second-order valence-corrected chi connectivity index (χ2v) is 8.86. The molecule has 146 valence electrons. The molecule has 0 fully saturated rings. The molecule has 1 N–H and O–H groups in total. The van der Waals surface area contributed by atoms with Gasteiger partial charge in [0, 0.05) is 13.1 Å². The van der Waals surface area contributed by atoms with Crippen molar-refractivity contribution in [2.24, 2.45) is 0 Å². The van der Waals surface area contributed by atoms with E-state index in [4.69, 9.17) is 0 Å². The van der Waals surface area contributed by atoms with Crippen LogP contribution in [0, 0.1) is 6.92 Å². The highest BCUT2D eigenvalue weighted by Crippen LogP contribution is 2.22. The monoisotopic (exact) mass is 388 g/mol. The molecule has 2 aromatic carbocycles. The Morgan fingerprint density at radius 1 is 1.07 bits per heavy atom. The van der Waals surface area contributed by atoms with Gasteiger partial charge in [0.05, 0.1) is 17.0 Å². The number of carbonyl (C=O) groups is 1. The minimum atomic E-state index is -3.61. The van der Waals surface area contributed by atoms with Gasteiger partial charge in [-0.2, -0.15) is 0 Å². The third kappa shape index (κ3) is 5.57. The second-order valence-electron chi connectivity index (χ2n) is 6.89. The maximum Gasteiger partial charge on any atom is 0.264 e. The Hall–Kier alpha value is -2.34. The van der Waals surface area contributed by atoms with Gasteiger partial charge < -0.3 is 5.32 Å². The second kappa shape index (κ2) is 9.04. The Balaban J connectivity index is 2.07. The fraction of sp³-hybridized carbons (Fsp3) is 0.381. The molecule has 6 heteroatoms. The van der Waals surface area contributed by atoms with E-state index in [0.29, 0.717) is 5.69 Å². The summed E-state index contributed by atoms with van der Waals surface area (Å²) in [4.78, 5) is 12.3. The summed E-state index contributed by atoms with van der Waals surface area (Å²) in [5.41, 5.74) is 2.41. The Bertz CT molecular complexity index is 859. The van der Waals surface area contributed by atoms with Crippen LogP contribution in [0.25, 0.3) is 0 Å². The zero-order valence-corrected chi connectivity index (χ0v) is 17.2. The van der Waals surface area contributed by atoms with Crippen molar-refractivity contribution in [3.05, 3.63) is 59.7 Å². The quantitative estimate of drug-likeness (QED) is 0.750. The fourth-order valence-electron chi connectivity index (χ4n) is 2.85. The van der Waals surface area contributed by atoms with Crippen LogP contribution in [0.3, 0.4) is 0 Å². The first-order valence-electron chi connectivity index (χ1n) is 9.18. The molecule has 0 saturated carbocycles. The number of carbonyl (C=O) groups excluding carboxylic acids is 1. The van der Waals surface area contributed by atoms with Crippen LogP contribution in [0.2, 0.25) is 0 Å². The van der Waals surface area contributed by atoms with Crippen LogP contribution >= 0.6 is 0 Å². The van der Waals surface area contributed by atoms with Crippen molar-refractivity contribution in [2.75, 3.05) is 11.4 Å². The van der Waals surface area contributed by atoms with Gasteiger partial charge in [-0.05, 0) is 50.1 Å². The molecule has 0 bridgehead atoms. The minimum absolute atomic E-state index is 0.0238. The van der Waals surface area contributed by atoms with Gasteiger partial charge in [0.25, 0.3) is 10.0 Å². The van der Waals surface area contributed by atoms with Gasteiger partial charge >= 0.3 is 0 Å². The third-order valence-electron chi connectivity index (χ3n) is 4.47. The topological polar surface area (TPSA) is 66.5 Å². The van der Waals surface area contributed by atoms with Crippen molar-refractivity contribution in [2.45, 2.75) is 51.0 Å². The largest absolute Gasteiger partial charge is 0.353 e. The molecule has 0 radical (unpaired) electrons. The van der Waals surface area contributed by atoms with Gasteiger partial charge in [-0.1, -0.05) is 43.2 Å². The molecule has 0 aliphatic rings. The summed E-state index contributed by atoms with van der Waals surface area (Å²) in [6.07, 6.45) is 2.26. The van der Waals surface area contributed by atoms with Gasteiger partial charge in [-0.15, -0.1) is 0 Å². The summed E-state index contributed by atoms with van der Waals surface area (Å²) in [7, 11) is -2.08. The minimum Gasteiger partial charge on any atom is -0.353 e. The Kier molecular flexibility index (Phi) is 7.02. The van der Waals surface area contributed by atoms with Crippen LogP contribution in [0.5, 0.6) is 0 Å². The van der Waals surface area contributed by atoms with Crippen molar-refractivity contribution in [3.8, 4) is 0 Å². The van der Waals surface area contributed by atoms with Crippen molar-refractivity contribution in [3.63, 3.8) is 0 Å². The first-order chi connectivity index (χ1) is 12.7. The van der Waals surface area contributed by atoms with E-state index < -0.39 is 10.0 Å². The van der Waals surface area contributed by atoms with Gasteiger partial charge in [0.1, 0.15) is 0 Å². The number of hydrogen-bond acceptors (Lipinski definition) is 3. The molecule has 0 spiro atoms. The Morgan fingerprint density at radius 3 is 2.22 bits per heavy atom. The number of sulfonamides is 1. The van der Waals surface area contributed by atoms with Crippen molar-refractivity contribution in [1.82, 2.24) is 5.32 Å². The normalized spacial score (nSPS) is 12.4. The zero-order valence-electron chi connectivity index (χ0n) is 16.4. The van der Waals surface area contributed by atoms with E-state index in [1.54, 1.807) is 48.5 Å². The summed E-state index contributed by atoms with van der Waals surface area (Å²) in [6, 6.07) is 14.0. The molecule has 5 nitrogen and oxygen atoms in total. The molecular formula is C21H28N2O3S. The highest BCUT2D eigenvalue weighted by molar-refractivity contribution is 7.92. The van der Waals surface area contributed by atoms with Crippen LogP contribution in [-0.2, 0) is 21.2 Å². The van der Waals surface area contributed by atoms with Crippen molar-refractivity contribution >= 4 is 21.6 Å². The number of amides is 1. The van der Waals surface area contributed by atoms with E-state index in [2.05, 4.69) is 12.2 Å². The number of benzene rings is 2. The maximum absolute atomic E-state index is 12.8. The van der Waals surface area contributed by atoms with E-state index in [9.17, 15) is 13.2 Å². The predicted octanol–water partition coefficient (Wildman–Crippen LogP) is 3.67. The molecule has 0 aromatic heterocycles. The SMILES string of the molecule is CCCC(C)NC(=O)Cc1ccc(N(C)S(=O)(=O)c2ccc(C)cc2)cc1. The molecule has 0 aliphatic carbocycles. The fourth-order valence-corrected chi connectivity index (χ4v) is 4.04. The smallest absolute Gasteiger partial charge is 0.264 e. The summed E-state index contributed by atoms with van der Waals surface area (Å²) in [6.45, 7) is 6.00. The van der Waals surface area contributed by atoms with Crippen LogP contribution in [0.15, 0.2) is 53.4 Å². The first-order valence-corrected chi connectivity index (χ1v) is 10.6. The number of rotatable bonds is 8. The standard InChI is InChI=1S/C21H28N2O3S/c1-5-6-17(3)22-21(24)15-18-9-11-19(12-10-18)23(4)27(25,26)20-13-7-16(2)8-14-20/h7-14,17H,5-6,15H2,1-4H3,(H,22,24). The summed E-state index contributed by atoms with van der Waals surface area (Å²) >= 11 is 0. The average molecular weight is 389 g/mol. The van der Waals surface area contributed by atoms with Gasteiger partial charge in [-0.3, -0.25) is 9.10 Å². The lowest BCUT2D eigenvalue weighted by Gasteiger charge is -2.20. The Morgan fingerprint density at radius 2 is 1.67 bits per heavy atom. The number of anilines is 1. The number of hydrogen-bond donors (Lipinski definition) is 1. The van der Waals surface area contributed by atoms with Crippen LogP contribution < -0.4 is 9.62 Å². The summed E-state index contributed by atoms with van der Waals surface area (Å²) in [5.74, 6) is -0.0238. The molecule has 0 saturated heterocycles. The molecule has 2 rings (SSSR count). The highest BCUT2D eigenvalue weighted by atomic mass is 32.2. The molecule has 0 aliphatic heterocycles. The lowest BCUT2D eigenvalue weighted by Crippen LogP contribution is -2.33. The number of nitrogens with zero attached hydrogens (tertiary/aromatic N) is 1. The van der Waals surface area contributed by atoms with E-state index >= 15 is 0 Å². The third-order valence-corrected chi connectivity index (χ3v) is 6.27. The van der Waals surface area contributed by atoms with Gasteiger partial charge in [0.2, 0.25) is 5.91 Å². The van der Waals surface area contributed by atoms with Gasteiger partial charge in [-0.25, -0.2) is 8.42 Å². The average Bonchev–Trinajstić information content (AvgIpc) is 2.62. The maximum atomic E-state index is 12.8. The molecule has 1 unspecified atom stereocenters. The lowest BCUT2D eigenvalue weighted by molar-refractivity contribution is -0.121. The van der Waals surface area contributed by atoms with Gasteiger partial charge in [0.15, 0.2) is 0 Å². The highest BCUT2D eigenvalue weighted by Gasteiger charge is 2.21. The first kappa shape index (κ1) is 21.0. The zero-order chi connectivity index (χ0) is 20.0. The molecule has 2 aromatic rings. The molecule has 1 atom stereocenters. The van der Waals surface area contributed by atoms with Crippen LogP contribution in [0.1, 0.15) is 37.8 Å². The van der Waals surface area contributed by atoms with E-state index in [0.717, 1.165) is 24.0 Å². The van der Waals surface area contributed by atoms with E-state index in [1.807, 2.05) is 13.8 Å². The summed E-state index contributed by atoms with van der Waals surface area (Å²) in [5, 5.41) is 2.97. The summed E-state index contributed by atoms with van der Waals surface area (Å²) < 4.78 is 26.8. The van der Waals surface area contributed by atoms with Crippen molar-refractivity contribution < 1.29 is 13.2 Å². The lowest BCUT2D eigenvalue weighted by atomic mass is 10.1. The van der Waals surface area contributed by atoms with Crippen LogP contribution in [0.4, 0.5) is 5.69 Å². The van der Waals surface area contributed by atoms with E-state index in [1.165, 1.54) is 11.4 Å². The number of nitrogens with one attached hydrogen (secondary N) is 1. The van der Waals surface area contributed by atoms with E-state index in [-0.39, 0.29) is 23.3 Å².